The summed E-state index contributed by atoms with van der Waals surface area (Å²) in [5.41, 5.74) is -2.47. The van der Waals surface area contributed by atoms with E-state index in [-0.39, 0.29) is 12.4 Å². The molecular weight excluding hydrogens is 521 g/mol. The summed E-state index contributed by atoms with van der Waals surface area (Å²) >= 11 is 3.29. The lowest BCUT2D eigenvalue weighted by Crippen LogP contribution is -2.35. The second-order valence-corrected chi connectivity index (χ2v) is 9.48. The Hall–Kier alpha value is -2.50. The lowest BCUT2D eigenvalue weighted by atomic mass is 10.3. The van der Waals surface area contributed by atoms with Crippen LogP contribution in [0, 0.1) is 6.85 Å². The van der Waals surface area contributed by atoms with Crippen LogP contribution in [0.4, 0.5) is 0 Å². The van der Waals surface area contributed by atoms with Crippen LogP contribution in [0.5, 0.6) is 5.75 Å². The van der Waals surface area contributed by atoms with E-state index >= 15 is 0 Å². The standard InChI is InChI=1S/C20H23BrN3O8P/c1-12-10-24(20(27)22-18(12)25)17-9-8-16(31-17)11-30-33(28,23-13(2)19(26)29-3)32-15-6-4-14(21)5-7-15/h4-10,13,16-17H,11H2,1-3H3,(H,23,28)(H,22,25,27)/t13-,16-,17+,33?/m0/s1/i1D3. The first-order valence-electron chi connectivity index (χ1n) is 11.1. The van der Waals surface area contributed by atoms with E-state index in [1.807, 2.05) is 4.98 Å². The molecule has 2 aromatic rings. The van der Waals surface area contributed by atoms with Gasteiger partial charge in [0.1, 0.15) is 17.9 Å². The number of benzene rings is 1. The first kappa shape index (κ1) is 21.1. The summed E-state index contributed by atoms with van der Waals surface area (Å²) in [5, 5.41) is 2.50. The highest BCUT2D eigenvalue weighted by atomic mass is 79.9. The van der Waals surface area contributed by atoms with Crippen LogP contribution in [0.15, 0.2) is 56.7 Å². The Bertz CT molecular complexity index is 1290. The lowest BCUT2D eigenvalue weighted by molar-refractivity contribution is -0.142. The number of methoxy groups -OCH3 is 1. The van der Waals surface area contributed by atoms with Crippen molar-refractivity contribution in [2.45, 2.75) is 32.1 Å². The normalized spacial score (nSPS) is 22.0. The van der Waals surface area contributed by atoms with E-state index in [9.17, 15) is 18.9 Å². The Balaban J connectivity index is 1.74. The number of ether oxygens (including phenoxy) is 2. The van der Waals surface area contributed by atoms with Gasteiger partial charge in [0.2, 0.25) is 0 Å². The number of aryl methyl sites for hydroxylation is 1. The molecule has 1 aliphatic heterocycles. The third-order valence-corrected chi connectivity index (χ3v) is 6.57. The molecule has 0 bridgehead atoms. The van der Waals surface area contributed by atoms with E-state index in [2.05, 4.69) is 25.8 Å². The molecule has 178 valence electrons. The second kappa shape index (κ2) is 10.6. The summed E-state index contributed by atoms with van der Waals surface area (Å²) in [6.45, 7) is -1.65. The molecule has 0 amide bonds. The van der Waals surface area contributed by atoms with E-state index in [1.165, 1.54) is 38.3 Å². The molecule has 4 atom stereocenters. The molecule has 0 saturated heterocycles. The second-order valence-electron chi connectivity index (χ2n) is 6.87. The van der Waals surface area contributed by atoms with E-state index in [4.69, 9.17) is 17.9 Å². The van der Waals surface area contributed by atoms with E-state index in [0.717, 1.165) is 15.2 Å². The van der Waals surface area contributed by atoms with Crippen molar-refractivity contribution in [1.82, 2.24) is 14.6 Å². The van der Waals surface area contributed by atoms with Gasteiger partial charge in [-0.3, -0.25) is 23.7 Å². The van der Waals surface area contributed by atoms with E-state index in [0.29, 0.717) is 0 Å². The Kier molecular flexibility index (Phi) is 6.78. The molecular formula is C20H23BrN3O8P. The number of rotatable bonds is 9. The summed E-state index contributed by atoms with van der Waals surface area (Å²) in [6, 6.07) is 5.36. The average molecular weight is 547 g/mol. The zero-order valence-corrected chi connectivity index (χ0v) is 20.0. The smallest absolute Gasteiger partial charge is 0.459 e. The predicted molar refractivity (Wildman–Crippen MR) is 122 cm³/mol. The van der Waals surface area contributed by atoms with Gasteiger partial charge in [-0.05, 0) is 44.1 Å². The fourth-order valence-electron chi connectivity index (χ4n) is 2.78. The number of hydrogen-bond acceptors (Lipinski definition) is 8. The number of nitrogens with one attached hydrogen (secondary N) is 2. The van der Waals surface area contributed by atoms with Crippen LogP contribution in [-0.2, 0) is 23.4 Å². The van der Waals surface area contributed by atoms with Crippen molar-refractivity contribution in [2.75, 3.05) is 13.7 Å². The minimum atomic E-state index is -4.14. The average Bonchev–Trinajstić information content (AvgIpc) is 3.26. The molecule has 0 saturated carbocycles. The quantitative estimate of drug-likeness (QED) is 0.275. The molecule has 2 heterocycles. The van der Waals surface area contributed by atoms with Crippen molar-refractivity contribution >= 4 is 29.6 Å². The van der Waals surface area contributed by atoms with Gasteiger partial charge < -0.3 is 14.0 Å². The molecule has 1 unspecified atom stereocenters. The Morgan fingerprint density at radius 3 is 2.76 bits per heavy atom. The largest absolute Gasteiger partial charge is 0.468 e. The summed E-state index contributed by atoms with van der Waals surface area (Å²) in [5.74, 6) is -0.498. The molecule has 2 N–H and O–H groups in total. The summed E-state index contributed by atoms with van der Waals surface area (Å²) < 4.78 is 58.9. The van der Waals surface area contributed by atoms with Crippen LogP contribution < -0.4 is 20.9 Å². The topological polar surface area (TPSA) is 138 Å². The molecule has 1 aliphatic rings. The molecule has 13 heteroatoms. The van der Waals surface area contributed by atoms with Gasteiger partial charge in [0.05, 0.1) is 13.7 Å². The first-order valence-corrected chi connectivity index (χ1v) is 11.9. The number of nitrogens with zero attached hydrogens (tertiary/aromatic N) is 1. The van der Waals surface area contributed by atoms with Gasteiger partial charge in [-0.15, -0.1) is 0 Å². The Labute approximate surface area is 201 Å². The van der Waals surface area contributed by atoms with Crippen molar-refractivity contribution in [3.05, 3.63) is 73.5 Å². The molecule has 0 aliphatic carbocycles. The number of carbonyl (C=O) groups excluding carboxylic acids is 1. The van der Waals surface area contributed by atoms with Crippen LogP contribution in [0.2, 0.25) is 0 Å². The van der Waals surface area contributed by atoms with E-state index in [1.54, 1.807) is 12.1 Å². The molecule has 0 radical (unpaired) electrons. The molecule has 33 heavy (non-hydrogen) atoms. The zero-order valence-electron chi connectivity index (χ0n) is 20.5. The van der Waals surface area contributed by atoms with Gasteiger partial charge in [-0.1, -0.05) is 22.0 Å². The van der Waals surface area contributed by atoms with Crippen molar-refractivity contribution in [3.63, 3.8) is 0 Å². The summed E-state index contributed by atoms with van der Waals surface area (Å²) in [7, 11) is -2.96. The minimum Gasteiger partial charge on any atom is -0.468 e. The molecule has 11 nitrogen and oxygen atoms in total. The highest BCUT2D eigenvalue weighted by Gasteiger charge is 2.34. The van der Waals surface area contributed by atoms with Gasteiger partial charge >= 0.3 is 19.4 Å². The van der Waals surface area contributed by atoms with Gasteiger partial charge in [0.15, 0.2) is 6.23 Å². The molecule has 0 fully saturated rings. The molecule has 1 aromatic carbocycles. The predicted octanol–water partition coefficient (Wildman–Crippen LogP) is 2.42. The van der Waals surface area contributed by atoms with Gasteiger partial charge in [0, 0.05) is 20.3 Å². The third kappa shape index (κ3) is 6.52. The lowest BCUT2D eigenvalue weighted by Gasteiger charge is -2.24. The maximum absolute atomic E-state index is 13.4. The highest BCUT2D eigenvalue weighted by Crippen LogP contribution is 2.45. The van der Waals surface area contributed by atoms with Crippen molar-refractivity contribution in [3.8, 4) is 5.75 Å². The van der Waals surface area contributed by atoms with Gasteiger partial charge in [-0.25, -0.2) is 9.36 Å². The Morgan fingerprint density at radius 1 is 1.36 bits per heavy atom. The van der Waals surface area contributed by atoms with Gasteiger partial charge in [-0.2, -0.15) is 5.09 Å². The maximum Gasteiger partial charge on any atom is 0.459 e. The van der Waals surface area contributed by atoms with Crippen molar-refractivity contribution < 1.29 is 32.0 Å². The van der Waals surface area contributed by atoms with Crippen LogP contribution in [0.3, 0.4) is 0 Å². The van der Waals surface area contributed by atoms with Crippen molar-refractivity contribution in [2.24, 2.45) is 0 Å². The highest BCUT2D eigenvalue weighted by molar-refractivity contribution is 9.10. The molecule has 1 aromatic heterocycles. The van der Waals surface area contributed by atoms with Gasteiger partial charge in [0.25, 0.3) is 5.56 Å². The first-order chi connectivity index (χ1) is 16.8. The van der Waals surface area contributed by atoms with Crippen LogP contribution in [0.25, 0.3) is 0 Å². The molecule has 3 rings (SSSR count). The number of carbonyl (C=O) groups is 1. The van der Waals surface area contributed by atoms with Crippen LogP contribution >= 0.6 is 23.7 Å². The monoisotopic (exact) mass is 546 g/mol. The van der Waals surface area contributed by atoms with Crippen LogP contribution in [-0.4, -0.2) is 41.4 Å². The minimum absolute atomic E-state index is 0.198. The summed E-state index contributed by atoms with van der Waals surface area (Å²) in [4.78, 5) is 37.9. The number of H-pyrrole nitrogens is 1. The number of aromatic nitrogens is 2. The third-order valence-electron chi connectivity index (χ3n) is 4.40. The maximum atomic E-state index is 13.4. The van der Waals surface area contributed by atoms with E-state index < -0.39 is 55.8 Å². The van der Waals surface area contributed by atoms with Crippen LogP contribution in [0.1, 0.15) is 22.8 Å². The molecule has 0 spiro atoms. The SMILES string of the molecule is [2H]C([2H])([2H])c1cn([C@H]2C=C[C@@H](COP(=O)(N[C@@H](C)C(=O)OC)Oc3ccc(Br)cc3)O2)c(=O)[nH]c1=O. The fourth-order valence-corrected chi connectivity index (χ4v) is 4.55. The number of esters is 1. The number of hydrogen-bond donors (Lipinski definition) is 2. The Morgan fingerprint density at radius 2 is 2.09 bits per heavy atom. The van der Waals surface area contributed by atoms with Crippen molar-refractivity contribution in [1.29, 1.82) is 0 Å². The number of halogens is 1. The zero-order chi connectivity index (χ0) is 26.7. The number of aromatic amines is 1. The summed E-state index contributed by atoms with van der Waals surface area (Å²) in [6.07, 6.45) is 1.97. The fraction of sp³-hybridized carbons (Fsp3) is 0.350.